The lowest BCUT2D eigenvalue weighted by atomic mass is 9.86. The van der Waals surface area contributed by atoms with E-state index in [-0.39, 0.29) is 6.09 Å². The molecule has 2 aliphatic rings. The van der Waals surface area contributed by atoms with Gasteiger partial charge in [0.2, 0.25) is 0 Å². The van der Waals surface area contributed by atoms with E-state index >= 15 is 0 Å². The highest BCUT2D eigenvalue weighted by Crippen LogP contribution is 2.30. The molecule has 178 valence electrons. The SMILES string of the molecule is Cc1cc(N2CCC(CCCC3CCN(C(=O)OC(C)(C)C)CC3)CC2)c(C(N)=O)cn1. The summed E-state index contributed by atoms with van der Waals surface area (Å²) in [6, 6.07) is 1.98. The van der Waals surface area contributed by atoms with Gasteiger partial charge in [-0.05, 0) is 71.3 Å². The number of likely N-dealkylation sites (tertiary alicyclic amines) is 1. The highest BCUT2D eigenvalue weighted by atomic mass is 16.6. The number of pyridine rings is 1. The number of hydrogen-bond donors (Lipinski definition) is 1. The Hall–Kier alpha value is -2.31. The van der Waals surface area contributed by atoms with Crippen molar-refractivity contribution in [1.29, 1.82) is 0 Å². The number of primary amides is 1. The number of carbonyl (C=O) groups is 2. The largest absolute Gasteiger partial charge is 0.444 e. The van der Waals surface area contributed by atoms with Gasteiger partial charge in [0.25, 0.3) is 5.91 Å². The average Bonchev–Trinajstić information content (AvgIpc) is 2.73. The van der Waals surface area contributed by atoms with Crippen LogP contribution in [-0.2, 0) is 4.74 Å². The van der Waals surface area contributed by atoms with E-state index in [2.05, 4.69) is 9.88 Å². The predicted molar refractivity (Wildman–Crippen MR) is 127 cm³/mol. The molecule has 2 amide bonds. The summed E-state index contributed by atoms with van der Waals surface area (Å²) in [5, 5.41) is 0. The van der Waals surface area contributed by atoms with Crippen LogP contribution in [0.3, 0.4) is 0 Å². The van der Waals surface area contributed by atoms with Crippen LogP contribution in [0.4, 0.5) is 10.5 Å². The Morgan fingerprint density at radius 1 is 1.06 bits per heavy atom. The highest BCUT2D eigenvalue weighted by molar-refractivity contribution is 5.98. The van der Waals surface area contributed by atoms with Gasteiger partial charge in [-0.2, -0.15) is 0 Å². The molecule has 0 saturated carbocycles. The Morgan fingerprint density at radius 2 is 1.62 bits per heavy atom. The maximum Gasteiger partial charge on any atom is 0.410 e. The van der Waals surface area contributed by atoms with Crippen LogP contribution in [0.25, 0.3) is 0 Å². The summed E-state index contributed by atoms with van der Waals surface area (Å²) in [6.45, 7) is 11.2. The lowest BCUT2D eigenvalue weighted by molar-refractivity contribution is 0.0180. The molecule has 2 saturated heterocycles. The molecule has 1 aromatic heterocycles. The van der Waals surface area contributed by atoms with Gasteiger partial charge in [0.15, 0.2) is 0 Å². The number of anilines is 1. The monoisotopic (exact) mass is 444 g/mol. The van der Waals surface area contributed by atoms with Gasteiger partial charge in [-0.25, -0.2) is 4.79 Å². The molecule has 7 nitrogen and oxygen atoms in total. The molecular weight excluding hydrogens is 404 g/mol. The van der Waals surface area contributed by atoms with E-state index in [9.17, 15) is 9.59 Å². The normalized spacial score (nSPS) is 18.6. The average molecular weight is 445 g/mol. The van der Waals surface area contributed by atoms with Crippen LogP contribution in [0.15, 0.2) is 12.3 Å². The zero-order valence-corrected chi connectivity index (χ0v) is 20.2. The number of piperidine rings is 2. The first-order valence-corrected chi connectivity index (χ1v) is 12.1. The van der Waals surface area contributed by atoms with Crippen molar-refractivity contribution in [3.05, 3.63) is 23.5 Å². The van der Waals surface area contributed by atoms with E-state index < -0.39 is 11.5 Å². The molecule has 0 aromatic carbocycles. The summed E-state index contributed by atoms with van der Waals surface area (Å²) in [6.07, 6.45) is 9.65. The summed E-state index contributed by atoms with van der Waals surface area (Å²) in [4.78, 5) is 32.4. The predicted octanol–water partition coefficient (Wildman–Crippen LogP) is 4.52. The Kier molecular flexibility index (Phi) is 8.01. The lowest BCUT2D eigenvalue weighted by Crippen LogP contribution is -2.41. The Morgan fingerprint density at radius 3 is 2.16 bits per heavy atom. The Labute approximate surface area is 192 Å². The summed E-state index contributed by atoms with van der Waals surface area (Å²) in [7, 11) is 0. The number of nitrogens with two attached hydrogens (primary N) is 1. The minimum Gasteiger partial charge on any atom is -0.444 e. The van der Waals surface area contributed by atoms with Gasteiger partial charge in [-0.1, -0.05) is 19.3 Å². The number of aryl methyl sites for hydroxylation is 1. The third-order valence-electron chi connectivity index (χ3n) is 6.73. The van der Waals surface area contributed by atoms with Gasteiger partial charge < -0.3 is 20.3 Å². The molecule has 0 atom stereocenters. The second kappa shape index (κ2) is 10.5. The van der Waals surface area contributed by atoms with Crippen LogP contribution in [0.5, 0.6) is 0 Å². The summed E-state index contributed by atoms with van der Waals surface area (Å²) >= 11 is 0. The highest BCUT2D eigenvalue weighted by Gasteiger charge is 2.27. The number of carbonyl (C=O) groups excluding carboxylic acids is 2. The van der Waals surface area contributed by atoms with Gasteiger partial charge in [0.05, 0.1) is 11.3 Å². The fourth-order valence-electron chi connectivity index (χ4n) is 4.89. The molecule has 0 bridgehead atoms. The van der Waals surface area contributed by atoms with E-state index in [1.807, 2.05) is 38.7 Å². The first-order valence-electron chi connectivity index (χ1n) is 12.1. The van der Waals surface area contributed by atoms with Crippen LogP contribution in [0.2, 0.25) is 0 Å². The second-order valence-electron chi connectivity index (χ2n) is 10.5. The van der Waals surface area contributed by atoms with Crippen LogP contribution in [0.1, 0.15) is 81.8 Å². The Bertz CT molecular complexity index is 789. The first kappa shape index (κ1) is 24.3. The molecule has 7 heteroatoms. The molecule has 3 rings (SSSR count). The smallest absolute Gasteiger partial charge is 0.410 e. The van der Waals surface area contributed by atoms with E-state index in [0.717, 1.165) is 69.2 Å². The van der Waals surface area contributed by atoms with Crippen molar-refractivity contribution < 1.29 is 14.3 Å². The van der Waals surface area contributed by atoms with Gasteiger partial charge in [0.1, 0.15) is 5.60 Å². The van der Waals surface area contributed by atoms with Crippen LogP contribution in [-0.4, -0.2) is 53.7 Å². The number of ether oxygens (including phenoxy) is 1. The number of nitrogens with zero attached hydrogens (tertiary/aromatic N) is 3. The molecule has 3 heterocycles. The van der Waals surface area contributed by atoms with E-state index in [4.69, 9.17) is 10.5 Å². The van der Waals surface area contributed by atoms with Crippen molar-refractivity contribution in [3.63, 3.8) is 0 Å². The fourth-order valence-corrected chi connectivity index (χ4v) is 4.89. The van der Waals surface area contributed by atoms with Crippen LogP contribution in [0, 0.1) is 18.8 Å². The number of hydrogen-bond acceptors (Lipinski definition) is 5. The van der Waals surface area contributed by atoms with Gasteiger partial charge in [-0.3, -0.25) is 9.78 Å². The number of aromatic nitrogens is 1. The van der Waals surface area contributed by atoms with Crippen molar-refractivity contribution in [2.45, 2.75) is 78.2 Å². The quantitative estimate of drug-likeness (QED) is 0.697. The third kappa shape index (κ3) is 6.84. The van der Waals surface area contributed by atoms with E-state index in [1.54, 1.807) is 6.20 Å². The van der Waals surface area contributed by atoms with Crippen molar-refractivity contribution >= 4 is 17.7 Å². The number of amides is 2. The fraction of sp³-hybridized carbons (Fsp3) is 0.720. The molecule has 2 aliphatic heterocycles. The van der Waals surface area contributed by atoms with E-state index in [0.29, 0.717) is 11.5 Å². The zero-order chi connectivity index (χ0) is 23.3. The number of rotatable bonds is 6. The molecular formula is C25H40N4O3. The van der Waals surface area contributed by atoms with E-state index in [1.165, 1.54) is 19.3 Å². The first-order chi connectivity index (χ1) is 15.1. The van der Waals surface area contributed by atoms with Gasteiger partial charge in [-0.15, -0.1) is 0 Å². The third-order valence-corrected chi connectivity index (χ3v) is 6.73. The molecule has 0 aliphatic carbocycles. The van der Waals surface area contributed by atoms with Crippen molar-refractivity contribution in [2.24, 2.45) is 17.6 Å². The molecule has 32 heavy (non-hydrogen) atoms. The maximum absolute atomic E-state index is 12.2. The molecule has 0 spiro atoms. The van der Waals surface area contributed by atoms with Crippen molar-refractivity contribution in [3.8, 4) is 0 Å². The Balaban J connectivity index is 1.37. The zero-order valence-electron chi connectivity index (χ0n) is 20.2. The molecule has 0 unspecified atom stereocenters. The topological polar surface area (TPSA) is 88.8 Å². The summed E-state index contributed by atoms with van der Waals surface area (Å²) < 4.78 is 5.49. The molecule has 2 fully saturated rings. The van der Waals surface area contributed by atoms with Gasteiger partial charge in [0, 0.05) is 38.1 Å². The maximum atomic E-state index is 12.2. The van der Waals surface area contributed by atoms with Gasteiger partial charge >= 0.3 is 6.09 Å². The molecule has 1 aromatic rings. The van der Waals surface area contributed by atoms with Crippen molar-refractivity contribution in [1.82, 2.24) is 9.88 Å². The van der Waals surface area contributed by atoms with Crippen LogP contribution >= 0.6 is 0 Å². The second-order valence-corrected chi connectivity index (χ2v) is 10.5. The minimum atomic E-state index is -0.429. The minimum absolute atomic E-state index is 0.174. The molecule has 0 radical (unpaired) electrons. The summed E-state index contributed by atoms with van der Waals surface area (Å²) in [5.41, 5.74) is 7.48. The molecule has 2 N–H and O–H groups in total. The van der Waals surface area contributed by atoms with Crippen LogP contribution < -0.4 is 10.6 Å². The summed E-state index contributed by atoms with van der Waals surface area (Å²) in [5.74, 6) is 1.05. The van der Waals surface area contributed by atoms with Crippen molar-refractivity contribution in [2.75, 3.05) is 31.1 Å². The standard InChI is InChI=1S/C25H40N4O3/c1-18-16-22(21(17-27-18)23(26)30)28-12-8-19(9-13-28)6-5-7-20-10-14-29(15-11-20)24(31)32-25(2,3)4/h16-17,19-20H,5-15H2,1-4H3,(H2,26,30). The lowest BCUT2D eigenvalue weighted by Gasteiger charge is -2.35.